The van der Waals surface area contributed by atoms with E-state index in [1.165, 1.54) is 11.1 Å². The fraction of sp³-hybridized carbons (Fsp3) is 0.250. The van der Waals surface area contributed by atoms with Crippen LogP contribution in [-0.4, -0.2) is 4.33 Å². The second-order valence-corrected chi connectivity index (χ2v) is 6.27. The van der Waals surface area contributed by atoms with Gasteiger partial charge in [-0.2, -0.15) is 0 Å². The Labute approximate surface area is 118 Å². The van der Waals surface area contributed by atoms with Gasteiger partial charge in [-0.3, -0.25) is 0 Å². The van der Waals surface area contributed by atoms with E-state index >= 15 is 0 Å². The van der Waals surface area contributed by atoms with Crippen LogP contribution in [0.25, 0.3) is 0 Å². The highest BCUT2D eigenvalue weighted by Gasteiger charge is 2.74. The van der Waals surface area contributed by atoms with Gasteiger partial charge in [0, 0.05) is 5.92 Å². The van der Waals surface area contributed by atoms with Gasteiger partial charge in [0.1, 0.15) is 4.33 Å². The van der Waals surface area contributed by atoms with E-state index in [4.69, 9.17) is 23.2 Å². The summed E-state index contributed by atoms with van der Waals surface area (Å²) >= 11 is 13.1. The topological polar surface area (TPSA) is 0 Å². The third kappa shape index (κ3) is 1.39. The second kappa shape index (κ2) is 4.01. The van der Waals surface area contributed by atoms with Crippen molar-refractivity contribution in [3.05, 3.63) is 71.8 Å². The van der Waals surface area contributed by atoms with E-state index in [2.05, 4.69) is 31.2 Å². The van der Waals surface area contributed by atoms with Gasteiger partial charge in [0.05, 0.1) is 5.41 Å². The molecular weight excluding hydrogens is 263 g/mol. The summed E-state index contributed by atoms with van der Waals surface area (Å²) < 4.78 is -0.726. The lowest BCUT2D eigenvalue weighted by atomic mass is 9.86. The molecular formula is C16H14Cl2. The molecule has 1 fully saturated rings. The number of hydrogen-bond donors (Lipinski definition) is 0. The molecule has 0 N–H and O–H groups in total. The van der Waals surface area contributed by atoms with Crippen LogP contribution in [0.3, 0.4) is 0 Å². The summed E-state index contributed by atoms with van der Waals surface area (Å²) in [4.78, 5) is 0. The van der Waals surface area contributed by atoms with Crippen LogP contribution in [0.2, 0.25) is 0 Å². The third-order valence-electron chi connectivity index (χ3n) is 4.09. The van der Waals surface area contributed by atoms with Gasteiger partial charge in [-0.25, -0.2) is 0 Å². The summed E-state index contributed by atoms with van der Waals surface area (Å²) in [6, 6.07) is 20.6. The van der Waals surface area contributed by atoms with Crippen LogP contribution in [0.15, 0.2) is 60.7 Å². The molecule has 1 atom stereocenters. The largest absolute Gasteiger partial charge is 0.136 e. The first-order valence-corrected chi connectivity index (χ1v) is 6.86. The highest BCUT2D eigenvalue weighted by Crippen LogP contribution is 2.72. The van der Waals surface area contributed by atoms with E-state index in [1.54, 1.807) is 0 Å². The molecule has 2 aromatic carbocycles. The van der Waals surface area contributed by atoms with Crippen LogP contribution >= 0.6 is 23.2 Å². The zero-order valence-corrected chi connectivity index (χ0v) is 11.6. The molecule has 0 spiro atoms. The SMILES string of the molecule is C[C@@H]1C(Cl)(Cl)C1(c1ccccc1)c1ccccc1. The van der Waals surface area contributed by atoms with E-state index in [0.717, 1.165) is 0 Å². The molecule has 0 unspecified atom stereocenters. The Hall–Kier alpha value is -0.980. The van der Waals surface area contributed by atoms with Crippen molar-refractivity contribution in [1.82, 2.24) is 0 Å². The number of hydrogen-bond acceptors (Lipinski definition) is 0. The van der Waals surface area contributed by atoms with Crippen LogP contribution < -0.4 is 0 Å². The van der Waals surface area contributed by atoms with Crippen molar-refractivity contribution in [3.63, 3.8) is 0 Å². The van der Waals surface area contributed by atoms with Gasteiger partial charge >= 0.3 is 0 Å². The average molecular weight is 277 g/mol. The Bertz CT molecular complexity index is 506. The summed E-state index contributed by atoms with van der Waals surface area (Å²) in [5.41, 5.74) is 2.10. The zero-order chi connectivity index (χ0) is 12.8. The summed E-state index contributed by atoms with van der Waals surface area (Å²) in [6.45, 7) is 2.11. The molecule has 1 aliphatic rings. The predicted molar refractivity (Wildman–Crippen MR) is 77.3 cm³/mol. The predicted octanol–water partition coefficient (Wildman–Crippen LogP) is 4.80. The summed E-state index contributed by atoms with van der Waals surface area (Å²) in [5, 5.41) is 0. The fourth-order valence-electron chi connectivity index (χ4n) is 3.03. The average Bonchev–Trinajstić information content (AvgIpc) is 2.86. The van der Waals surface area contributed by atoms with Crippen molar-refractivity contribution in [2.24, 2.45) is 5.92 Å². The van der Waals surface area contributed by atoms with Gasteiger partial charge in [0.25, 0.3) is 0 Å². The second-order valence-electron chi connectivity index (χ2n) is 4.88. The molecule has 0 bridgehead atoms. The molecule has 0 radical (unpaired) electrons. The number of rotatable bonds is 2. The number of benzene rings is 2. The normalized spacial score (nSPS) is 23.6. The van der Waals surface area contributed by atoms with Crippen molar-refractivity contribution in [1.29, 1.82) is 0 Å². The van der Waals surface area contributed by atoms with E-state index in [9.17, 15) is 0 Å². The molecule has 0 heterocycles. The number of alkyl halides is 2. The fourth-order valence-corrected chi connectivity index (χ4v) is 4.01. The highest BCUT2D eigenvalue weighted by molar-refractivity contribution is 6.53. The Kier molecular flexibility index (Phi) is 2.69. The van der Waals surface area contributed by atoms with E-state index in [1.807, 2.05) is 36.4 Å². The lowest BCUT2D eigenvalue weighted by molar-refractivity contribution is 0.748. The highest BCUT2D eigenvalue weighted by atomic mass is 35.5. The van der Waals surface area contributed by atoms with E-state index in [-0.39, 0.29) is 11.3 Å². The standard InChI is InChI=1S/C16H14Cl2/c1-12-15(16(12,17)18,13-8-4-2-5-9-13)14-10-6-3-7-11-14/h2-12H,1H3/t12-/m0/s1. The maximum atomic E-state index is 6.55. The molecule has 3 rings (SSSR count). The molecule has 92 valence electrons. The smallest absolute Gasteiger partial charge is 0.0999 e. The van der Waals surface area contributed by atoms with Crippen LogP contribution in [-0.2, 0) is 5.41 Å². The minimum atomic E-state index is -0.726. The Morgan fingerprint density at radius 3 is 1.39 bits per heavy atom. The van der Waals surface area contributed by atoms with Gasteiger partial charge in [-0.05, 0) is 11.1 Å². The quantitative estimate of drug-likeness (QED) is 0.692. The molecule has 0 aliphatic heterocycles. The number of halogens is 2. The molecule has 0 nitrogen and oxygen atoms in total. The van der Waals surface area contributed by atoms with Gasteiger partial charge in [0.15, 0.2) is 0 Å². The summed E-state index contributed by atoms with van der Waals surface area (Å²) in [6.07, 6.45) is 0. The van der Waals surface area contributed by atoms with Gasteiger partial charge < -0.3 is 0 Å². The first kappa shape index (κ1) is 12.1. The lowest BCUT2D eigenvalue weighted by Gasteiger charge is -2.19. The van der Waals surface area contributed by atoms with Crippen LogP contribution in [0.1, 0.15) is 18.1 Å². The molecule has 2 aromatic rings. The van der Waals surface area contributed by atoms with Crippen molar-refractivity contribution < 1.29 is 0 Å². The van der Waals surface area contributed by atoms with Crippen molar-refractivity contribution in [2.45, 2.75) is 16.7 Å². The van der Waals surface area contributed by atoms with Crippen molar-refractivity contribution >= 4 is 23.2 Å². The Morgan fingerprint density at radius 2 is 1.11 bits per heavy atom. The van der Waals surface area contributed by atoms with E-state index in [0.29, 0.717) is 0 Å². The zero-order valence-electron chi connectivity index (χ0n) is 10.1. The molecule has 0 amide bonds. The minimum Gasteiger partial charge on any atom is -0.0999 e. The molecule has 0 aromatic heterocycles. The van der Waals surface area contributed by atoms with E-state index < -0.39 is 4.33 Å². The van der Waals surface area contributed by atoms with Gasteiger partial charge in [-0.1, -0.05) is 90.8 Å². The molecule has 0 saturated heterocycles. The molecule has 2 heteroatoms. The van der Waals surface area contributed by atoms with Gasteiger partial charge in [0.2, 0.25) is 0 Å². The maximum absolute atomic E-state index is 6.55. The maximum Gasteiger partial charge on any atom is 0.136 e. The summed E-state index contributed by atoms with van der Waals surface area (Å²) in [7, 11) is 0. The first-order chi connectivity index (χ1) is 8.62. The van der Waals surface area contributed by atoms with Crippen molar-refractivity contribution in [3.8, 4) is 0 Å². The monoisotopic (exact) mass is 276 g/mol. The molecule has 18 heavy (non-hydrogen) atoms. The third-order valence-corrected chi connectivity index (χ3v) is 5.34. The molecule has 1 aliphatic carbocycles. The van der Waals surface area contributed by atoms with Crippen LogP contribution in [0.5, 0.6) is 0 Å². The Morgan fingerprint density at radius 1 is 0.778 bits per heavy atom. The lowest BCUT2D eigenvalue weighted by Crippen LogP contribution is -2.17. The van der Waals surface area contributed by atoms with Gasteiger partial charge in [-0.15, -0.1) is 0 Å². The van der Waals surface area contributed by atoms with Crippen LogP contribution in [0, 0.1) is 5.92 Å². The van der Waals surface area contributed by atoms with Crippen LogP contribution in [0.4, 0.5) is 0 Å². The minimum absolute atomic E-state index is 0.207. The van der Waals surface area contributed by atoms with Crippen molar-refractivity contribution in [2.75, 3.05) is 0 Å². The Balaban J connectivity index is 2.20. The molecule has 1 saturated carbocycles. The first-order valence-electron chi connectivity index (χ1n) is 6.10. The summed E-state index contributed by atoms with van der Waals surface area (Å²) in [5.74, 6) is 0.207.